The maximum Gasteiger partial charge on any atom is 0.223 e. The Bertz CT molecular complexity index is 850. The summed E-state index contributed by atoms with van der Waals surface area (Å²) in [5, 5.41) is 0. The number of fused-ring (bicyclic) bond motifs is 1. The van der Waals surface area contributed by atoms with Crippen LogP contribution in [0.5, 0.6) is 0 Å². The molecule has 2 fully saturated rings. The molecule has 7 heteroatoms. The van der Waals surface area contributed by atoms with E-state index in [4.69, 9.17) is 20.2 Å². The van der Waals surface area contributed by atoms with Crippen LogP contribution in [-0.4, -0.2) is 60.8 Å². The molecule has 1 atom stereocenters. The molecule has 4 rings (SSSR count). The van der Waals surface area contributed by atoms with Crippen molar-refractivity contribution < 1.29 is 14.3 Å². The van der Waals surface area contributed by atoms with Gasteiger partial charge in [-0.3, -0.25) is 4.79 Å². The molecule has 1 amide bonds. The minimum atomic E-state index is -0.214. The first-order chi connectivity index (χ1) is 15.2. The van der Waals surface area contributed by atoms with Crippen molar-refractivity contribution in [2.75, 3.05) is 44.0 Å². The molecule has 0 radical (unpaired) electrons. The van der Waals surface area contributed by atoms with Crippen molar-refractivity contribution in [3.8, 4) is 0 Å². The van der Waals surface area contributed by atoms with E-state index in [2.05, 4.69) is 37.5 Å². The summed E-state index contributed by atoms with van der Waals surface area (Å²) < 4.78 is 11.2. The van der Waals surface area contributed by atoms with Crippen LogP contribution in [0.3, 0.4) is 0 Å². The van der Waals surface area contributed by atoms with Crippen LogP contribution in [0.1, 0.15) is 76.1 Å². The molecule has 1 aromatic rings. The van der Waals surface area contributed by atoms with Gasteiger partial charge in [0.2, 0.25) is 5.91 Å². The topological polar surface area (TPSA) is 80.9 Å². The summed E-state index contributed by atoms with van der Waals surface area (Å²) in [6, 6.07) is 0.153. The number of nitrogens with zero attached hydrogens (tertiary/aromatic N) is 3. The number of nitrogen functional groups attached to an aromatic ring is 1. The van der Waals surface area contributed by atoms with E-state index in [0.717, 1.165) is 37.4 Å². The Labute approximate surface area is 192 Å². The average molecular weight is 445 g/mol. The Morgan fingerprint density at radius 3 is 2.69 bits per heavy atom. The van der Waals surface area contributed by atoms with Gasteiger partial charge in [0.15, 0.2) is 5.82 Å². The van der Waals surface area contributed by atoms with Gasteiger partial charge >= 0.3 is 0 Å². The average Bonchev–Trinajstić information content (AvgIpc) is 3.59. The van der Waals surface area contributed by atoms with Crippen LogP contribution >= 0.6 is 0 Å². The van der Waals surface area contributed by atoms with Gasteiger partial charge in [0, 0.05) is 57.7 Å². The summed E-state index contributed by atoms with van der Waals surface area (Å²) in [5.41, 5.74) is 11.0. The Balaban J connectivity index is 1.60. The second kappa shape index (κ2) is 9.18. The maximum atomic E-state index is 12.9. The lowest BCUT2D eigenvalue weighted by Crippen LogP contribution is -2.57. The van der Waals surface area contributed by atoms with E-state index >= 15 is 0 Å². The Hall–Kier alpha value is -1.86. The number of amides is 1. The smallest absolute Gasteiger partial charge is 0.223 e. The molecule has 1 aromatic heterocycles. The fourth-order valence-electron chi connectivity index (χ4n) is 5.13. The molecule has 32 heavy (non-hydrogen) atoms. The predicted octanol–water partition coefficient (Wildman–Crippen LogP) is 3.49. The fourth-order valence-corrected chi connectivity index (χ4v) is 5.13. The van der Waals surface area contributed by atoms with Crippen LogP contribution in [0.15, 0.2) is 0 Å². The molecule has 0 spiro atoms. The predicted molar refractivity (Wildman–Crippen MR) is 127 cm³/mol. The zero-order chi connectivity index (χ0) is 23.0. The number of pyridine rings is 1. The third kappa shape index (κ3) is 4.74. The van der Waals surface area contributed by atoms with Crippen LogP contribution in [0.4, 0.5) is 11.5 Å². The number of anilines is 2. The molecule has 3 aliphatic rings. The molecule has 178 valence electrons. The summed E-state index contributed by atoms with van der Waals surface area (Å²) >= 11 is 0. The molecular formula is C25H40N4O3. The Morgan fingerprint density at radius 1 is 1.28 bits per heavy atom. The van der Waals surface area contributed by atoms with Crippen molar-refractivity contribution in [3.63, 3.8) is 0 Å². The van der Waals surface area contributed by atoms with Gasteiger partial charge in [-0.05, 0) is 44.6 Å². The van der Waals surface area contributed by atoms with E-state index in [0.29, 0.717) is 38.0 Å². The first-order valence-corrected chi connectivity index (χ1v) is 12.2. The van der Waals surface area contributed by atoms with Crippen LogP contribution in [0, 0.1) is 5.92 Å². The first-order valence-electron chi connectivity index (χ1n) is 12.2. The van der Waals surface area contributed by atoms with Gasteiger partial charge in [0.1, 0.15) is 0 Å². The zero-order valence-electron chi connectivity index (χ0n) is 20.4. The SMILES string of the molecule is COCCCC(=O)N1CCN(c2nc(C3CC3)c3c(c2N)CC(C)(C)OC3)C[C@H]1C(C)C. The molecule has 0 aromatic carbocycles. The number of ether oxygens (including phenoxy) is 2. The highest BCUT2D eigenvalue weighted by Crippen LogP contribution is 2.46. The van der Waals surface area contributed by atoms with Crippen molar-refractivity contribution in [3.05, 3.63) is 16.8 Å². The van der Waals surface area contributed by atoms with E-state index in [-0.39, 0.29) is 17.6 Å². The monoisotopic (exact) mass is 444 g/mol. The normalized spacial score (nSPS) is 22.9. The van der Waals surface area contributed by atoms with E-state index in [1.54, 1.807) is 7.11 Å². The number of carbonyl (C=O) groups is 1. The van der Waals surface area contributed by atoms with Crippen LogP contribution in [0.2, 0.25) is 0 Å². The number of hydrogen-bond donors (Lipinski definition) is 1. The van der Waals surface area contributed by atoms with Gasteiger partial charge in [0.05, 0.1) is 29.6 Å². The third-order valence-electron chi connectivity index (χ3n) is 7.19. The molecule has 2 aliphatic heterocycles. The van der Waals surface area contributed by atoms with Gasteiger partial charge in [-0.15, -0.1) is 0 Å². The molecule has 0 bridgehead atoms. The van der Waals surface area contributed by atoms with Crippen molar-refractivity contribution in [2.45, 2.75) is 84.0 Å². The lowest BCUT2D eigenvalue weighted by Gasteiger charge is -2.45. The minimum Gasteiger partial charge on any atom is -0.395 e. The number of nitrogens with two attached hydrogens (primary N) is 1. The van der Waals surface area contributed by atoms with E-state index in [1.807, 2.05) is 0 Å². The molecular weight excluding hydrogens is 404 g/mol. The highest BCUT2D eigenvalue weighted by molar-refractivity contribution is 5.77. The number of carbonyl (C=O) groups excluding carboxylic acids is 1. The quantitative estimate of drug-likeness (QED) is 0.649. The summed E-state index contributed by atoms with van der Waals surface area (Å²) in [6.45, 7) is 12.1. The van der Waals surface area contributed by atoms with Crippen LogP contribution < -0.4 is 10.6 Å². The van der Waals surface area contributed by atoms with Gasteiger partial charge in [-0.25, -0.2) is 4.98 Å². The van der Waals surface area contributed by atoms with Crippen molar-refractivity contribution in [1.82, 2.24) is 9.88 Å². The second-order valence-corrected chi connectivity index (χ2v) is 10.6. The highest BCUT2D eigenvalue weighted by Gasteiger charge is 2.38. The summed E-state index contributed by atoms with van der Waals surface area (Å²) in [5.74, 6) is 2.04. The van der Waals surface area contributed by atoms with E-state index < -0.39 is 0 Å². The second-order valence-electron chi connectivity index (χ2n) is 10.6. The largest absolute Gasteiger partial charge is 0.395 e. The number of rotatable bonds is 7. The Morgan fingerprint density at radius 2 is 2.03 bits per heavy atom. The molecule has 2 N–H and O–H groups in total. The summed E-state index contributed by atoms with van der Waals surface area (Å²) in [6.07, 6.45) is 4.52. The van der Waals surface area contributed by atoms with Crippen molar-refractivity contribution in [1.29, 1.82) is 0 Å². The van der Waals surface area contributed by atoms with Crippen molar-refractivity contribution in [2.24, 2.45) is 5.92 Å². The van der Waals surface area contributed by atoms with Gasteiger partial charge in [-0.1, -0.05) is 13.8 Å². The van der Waals surface area contributed by atoms with Crippen LogP contribution in [0.25, 0.3) is 0 Å². The lowest BCUT2D eigenvalue weighted by molar-refractivity contribution is -0.135. The number of hydrogen-bond acceptors (Lipinski definition) is 6. The standard InChI is InChI=1S/C25H40N4O3/c1-16(2)20-14-28(10-11-29(20)21(30)7-6-12-31-5)24-22(26)18-13-25(3,4)32-15-19(18)23(27-24)17-8-9-17/h16-17,20H,6-15,26H2,1-5H3/t20-/m0/s1. The molecule has 3 heterocycles. The molecule has 0 unspecified atom stereocenters. The third-order valence-corrected chi connectivity index (χ3v) is 7.19. The molecule has 7 nitrogen and oxygen atoms in total. The lowest BCUT2D eigenvalue weighted by atomic mass is 9.89. The molecule has 1 aliphatic carbocycles. The first kappa shape index (κ1) is 23.3. The van der Waals surface area contributed by atoms with Gasteiger partial charge < -0.3 is 25.0 Å². The number of piperazine rings is 1. The highest BCUT2D eigenvalue weighted by atomic mass is 16.5. The maximum absolute atomic E-state index is 12.9. The van der Waals surface area contributed by atoms with Gasteiger partial charge in [-0.2, -0.15) is 0 Å². The summed E-state index contributed by atoms with van der Waals surface area (Å²) in [4.78, 5) is 22.5. The zero-order valence-corrected chi connectivity index (χ0v) is 20.4. The fraction of sp³-hybridized carbons (Fsp3) is 0.760. The van der Waals surface area contributed by atoms with Crippen molar-refractivity contribution >= 4 is 17.4 Å². The Kier molecular flexibility index (Phi) is 6.68. The summed E-state index contributed by atoms with van der Waals surface area (Å²) in [7, 11) is 1.68. The van der Waals surface area contributed by atoms with E-state index in [1.165, 1.54) is 29.7 Å². The number of aromatic nitrogens is 1. The molecule has 1 saturated heterocycles. The van der Waals surface area contributed by atoms with Gasteiger partial charge in [0.25, 0.3) is 0 Å². The number of methoxy groups -OCH3 is 1. The minimum absolute atomic E-state index is 0.153. The van der Waals surface area contributed by atoms with Crippen LogP contribution in [-0.2, 0) is 27.3 Å². The molecule has 1 saturated carbocycles. The van der Waals surface area contributed by atoms with E-state index in [9.17, 15) is 4.79 Å².